The lowest BCUT2D eigenvalue weighted by molar-refractivity contribution is -0.675. The third-order valence-corrected chi connectivity index (χ3v) is 4.73. The van der Waals surface area contributed by atoms with Crippen LogP contribution in [0.1, 0.15) is 36.5 Å². The van der Waals surface area contributed by atoms with Crippen LogP contribution in [-0.2, 0) is 27.9 Å². The number of imidazole rings is 1. The maximum atomic E-state index is 11.9. The summed E-state index contributed by atoms with van der Waals surface area (Å²) in [4.78, 5) is 11.9. The Morgan fingerprint density at radius 2 is 2.04 bits per heavy atom. The molecular weight excluding hydrogens is 332 g/mol. The molecule has 0 aliphatic rings. The quantitative estimate of drug-likeness (QED) is 0.425. The van der Waals surface area contributed by atoms with Crippen LogP contribution in [0.2, 0.25) is 0 Å². The molecule has 0 radical (unpaired) electrons. The number of benzene rings is 1. The topological polar surface area (TPSA) is 92.3 Å². The first-order valence-corrected chi connectivity index (χ1v) is 9.49. The van der Waals surface area contributed by atoms with E-state index in [-0.39, 0.29) is 6.42 Å². The molecule has 0 aliphatic carbocycles. The zero-order valence-corrected chi connectivity index (χ0v) is 14.9. The lowest BCUT2D eigenvalue weighted by Gasteiger charge is -2.06. The summed E-state index contributed by atoms with van der Waals surface area (Å²) >= 11 is 0. The molecule has 0 saturated heterocycles. The molecule has 0 atom stereocenters. The molecule has 7 nitrogen and oxygen atoms in total. The summed E-state index contributed by atoms with van der Waals surface area (Å²) < 4.78 is 41.5. The van der Waals surface area contributed by atoms with E-state index in [1.54, 1.807) is 19.1 Å². The highest BCUT2D eigenvalue weighted by molar-refractivity contribution is 7.85. The minimum Gasteiger partial charge on any atom is -0.748 e. The van der Waals surface area contributed by atoms with Crippen molar-refractivity contribution in [3.05, 3.63) is 29.6 Å². The van der Waals surface area contributed by atoms with Gasteiger partial charge in [0.25, 0.3) is 5.82 Å². The molecule has 0 aliphatic heterocycles. The molecule has 1 aromatic carbocycles. The summed E-state index contributed by atoms with van der Waals surface area (Å²) in [6.07, 6.45) is 0.226. The number of esters is 1. The van der Waals surface area contributed by atoms with Crippen LogP contribution in [0.4, 0.5) is 0 Å². The third kappa shape index (κ3) is 3.93. The number of aromatic nitrogens is 2. The highest BCUT2D eigenvalue weighted by Crippen LogP contribution is 2.18. The van der Waals surface area contributed by atoms with Crippen LogP contribution in [0, 0.1) is 6.92 Å². The van der Waals surface area contributed by atoms with Crippen molar-refractivity contribution in [2.75, 3.05) is 12.4 Å². The monoisotopic (exact) mass is 354 g/mol. The van der Waals surface area contributed by atoms with Gasteiger partial charge in [-0.05, 0) is 32.4 Å². The van der Waals surface area contributed by atoms with E-state index >= 15 is 0 Å². The number of aryl methyl sites for hydroxylation is 2. The fourth-order valence-electron chi connectivity index (χ4n) is 2.88. The lowest BCUT2D eigenvalue weighted by Crippen LogP contribution is -2.35. The zero-order chi connectivity index (χ0) is 17.9. The van der Waals surface area contributed by atoms with Crippen molar-refractivity contribution in [1.29, 1.82) is 0 Å². The molecule has 8 heteroatoms. The molecule has 0 bridgehead atoms. The Labute approximate surface area is 141 Å². The van der Waals surface area contributed by atoms with E-state index in [1.165, 1.54) is 0 Å². The van der Waals surface area contributed by atoms with E-state index in [4.69, 9.17) is 4.74 Å². The van der Waals surface area contributed by atoms with Gasteiger partial charge in [-0.25, -0.2) is 22.3 Å². The van der Waals surface area contributed by atoms with Gasteiger partial charge in [0.1, 0.15) is 0 Å². The summed E-state index contributed by atoms with van der Waals surface area (Å²) in [7, 11) is -4.23. The van der Waals surface area contributed by atoms with Gasteiger partial charge < -0.3 is 9.29 Å². The van der Waals surface area contributed by atoms with Crippen molar-refractivity contribution >= 4 is 27.1 Å². The van der Waals surface area contributed by atoms with E-state index in [0.717, 1.165) is 23.4 Å². The van der Waals surface area contributed by atoms with E-state index in [0.29, 0.717) is 18.7 Å². The van der Waals surface area contributed by atoms with Gasteiger partial charge in [-0.15, -0.1) is 0 Å². The number of ether oxygens (including phenoxy) is 1. The van der Waals surface area contributed by atoms with Gasteiger partial charge in [-0.2, -0.15) is 0 Å². The van der Waals surface area contributed by atoms with Crippen LogP contribution in [0.3, 0.4) is 0 Å². The summed E-state index contributed by atoms with van der Waals surface area (Å²) in [5.74, 6) is 0.141. The van der Waals surface area contributed by atoms with E-state index in [2.05, 4.69) is 4.57 Å². The smallest absolute Gasteiger partial charge is 0.338 e. The van der Waals surface area contributed by atoms with Crippen molar-refractivity contribution in [2.24, 2.45) is 0 Å². The van der Waals surface area contributed by atoms with Crippen molar-refractivity contribution in [1.82, 2.24) is 4.57 Å². The predicted molar refractivity (Wildman–Crippen MR) is 87.7 cm³/mol. The standard InChI is InChI=1S/C16H22N2O5S/c1-4-17-12(3)18(9-6-10-24(20,21)22)15-11-13(7-8-14(15)17)16(19)23-5-2/h7-8,11H,4-6,9-10H2,1-3H3. The van der Waals surface area contributed by atoms with Gasteiger partial charge in [-0.1, -0.05) is 0 Å². The SMILES string of the molecule is CCOC(=O)c1ccc2c(c1)n(CCCS(=O)(=O)[O-])c(C)[n+]2CC. The summed E-state index contributed by atoms with van der Waals surface area (Å²) in [5.41, 5.74) is 2.22. The molecule has 0 fully saturated rings. The molecule has 1 aromatic heterocycles. The highest BCUT2D eigenvalue weighted by atomic mass is 32.2. The third-order valence-electron chi connectivity index (χ3n) is 3.94. The summed E-state index contributed by atoms with van der Waals surface area (Å²) in [6.45, 7) is 7.12. The lowest BCUT2D eigenvalue weighted by atomic mass is 10.2. The first kappa shape index (κ1) is 18.4. The van der Waals surface area contributed by atoms with Gasteiger partial charge in [-0.3, -0.25) is 0 Å². The number of nitrogens with zero attached hydrogens (tertiary/aromatic N) is 2. The molecule has 1 heterocycles. The second-order valence-electron chi connectivity index (χ2n) is 5.48. The summed E-state index contributed by atoms with van der Waals surface area (Å²) in [6, 6.07) is 5.33. The van der Waals surface area contributed by atoms with Crippen molar-refractivity contribution < 1.29 is 27.1 Å². The zero-order valence-electron chi connectivity index (χ0n) is 14.1. The van der Waals surface area contributed by atoms with Crippen LogP contribution < -0.4 is 4.57 Å². The average molecular weight is 354 g/mol. The van der Waals surface area contributed by atoms with Gasteiger partial charge in [0.05, 0.1) is 35.4 Å². The Kier molecular flexibility index (Phi) is 5.61. The Balaban J connectivity index is 2.45. The van der Waals surface area contributed by atoms with Crippen molar-refractivity contribution in [3.8, 4) is 0 Å². The van der Waals surface area contributed by atoms with Crippen LogP contribution in [0.15, 0.2) is 18.2 Å². The van der Waals surface area contributed by atoms with Crippen LogP contribution >= 0.6 is 0 Å². The first-order chi connectivity index (χ1) is 11.3. The molecule has 2 rings (SSSR count). The highest BCUT2D eigenvalue weighted by Gasteiger charge is 2.22. The summed E-state index contributed by atoms with van der Waals surface area (Å²) in [5, 5.41) is 0. The molecule has 0 amide bonds. The minimum absolute atomic E-state index is 0.226. The molecule has 0 spiro atoms. The molecule has 24 heavy (non-hydrogen) atoms. The van der Waals surface area contributed by atoms with Gasteiger partial charge in [0.2, 0.25) is 0 Å². The second-order valence-corrected chi connectivity index (χ2v) is 7.01. The Morgan fingerprint density at radius 3 is 2.62 bits per heavy atom. The molecule has 0 N–H and O–H groups in total. The van der Waals surface area contributed by atoms with Gasteiger partial charge in [0.15, 0.2) is 11.0 Å². The number of carbonyl (C=O) groups is 1. The maximum Gasteiger partial charge on any atom is 0.338 e. The normalized spacial score (nSPS) is 11.8. The number of carbonyl (C=O) groups excluding carboxylic acids is 1. The molecule has 132 valence electrons. The van der Waals surface area contributed by atoms with E-state index < -0.39 is 21.8 Å². The molecular formula is C16H22N2O5S. The molecule has 0 unspecified atom stereocenters. The number of fused-ring (bicyclic) bond motifs is 1. The van der Waals surface area contributed by atoms with Crippen molar-refractivity contribution in [3.63, 3.8) is 0 Å². The number of rotatable bonds is 7. The fraction of sp³-hybridized carbons (Fsp3) is 0.500. The number of hydrogen-bond acceptors (Lipinski definition) is 5. The average Bonchev–Trinajstić information content (AvgIpc) is 2.77. The maximum absolute atomic E-state index is 11.9. The fourth-order valence-corrected chi connectivity index (χ4v) is 3.37. The Bertz CT molecular complexity index is 855. The van der Waals surface area contributed by atoms with Gasteiger partial charge in [0, 0.05) is 18.7 Å². The van der Waals surface area contributed by atoms with Crippen LogP contribution in [-0.4, -0.2) is 35.9 Å². The van der Waals surface area contributed by atoms with Crippen LogP contribution in [0.25, 0.3) is 11.0 Å². The van der Waals surface area contributed by atoms with E-state index in [1.807, 2.05) is 24.5 Å². The number of hydrogen-bond donors (Lipinski definition) is 0. The van der Waals surface area contributed by atoms with Gasteiger partial charge >= 0.3 is 5.97 Å². The first-order valence-electron chi connectivity index (χ1n) is 7.91. The molecule has 0 saturated carbocycles. The largest absolute Gasteiger partial charge is 0.748 e. The van der Waals surface area contributed by atoms with E-state index in [9.17, 15) is 17.8 Å². The predicted octanol–water partition coefficient (Wildman–Crippen LogP) is 1.37. The Hall–Kier alpha value is -1.93. The Morgan fingerprint density at radius 1 is 1.33 bits per heavy atom. The minimum atomic E-state index is -4.23. The van der Waals surface area contributed by atoms with Crippen molar-refractivity contribution in [2.45, 2.75) is 40.3 Å². The van der Waals surface area contributed by atoms with Crippen LogP contribution in [0.5, 0.6) is 0 Å². The second kappa shape index (κ2) is 7.31. The molecule has 2 aromatic rings.